The summed E-state index contributed by atoms with van der Waals surface area (Å²) in [4.78, 5) is 45.2. The Hall–Kier alpha value is -4.17. The fourth-order valence-electron chi connectivity index (χ4n) is 2.48. The number of Topliss-reactive ketones (excluding diaryl/α,β-unsaturated/α-hetero) is 2. The van der Waals surface area contributed by atoms with E-state index in [2.05, 4.69) is 15.6 Å². The third-order valence-electron chi connectivity index (χ3n) is 3.88. The summed E-state index contributed by atoms with van der Waals surface area (Å²) in [6.07, 6.45) is 1.31. The van der Waals surface area contributed by atoms with Crippen molar-refractivity contribution in [3.8, 4) is 11.5 Å². The predicted molar refractivity (Wildman–Crippen MR) is 109 cm³/mol. The Bertz CT molecular complexity index is 1010. The van der Waals surface area contributed by atoms with E-state index in [1.807, 2.05) is 0 Å². The molecule has 10 heteroatoms. The Morgan fingerprint density at radius 1 is 1.03 bits per heavy atom. The van der Waals surface area contributed by atoms with Crippen LogP contribution in [-0.4, -0.2) is 51.0 Å². The van der Waals surface area contributed by atoms with Crippen molar-refractivity contribution in [2.45, 2.75) is 0 Å². The van der Waals surface area contributed by atoms with Crippen molar-refractivity contribution in [1.29, 1.82) is 0 Å². The molecule has 0 spiro atoms. The lowest BCUT2D eigenvalue weighted by atomic mass is 10.1. The number of aliphatic imine (C=N–C) groups is 1. The maximum atomic E-state index is 11.3. The van der Waals surface area contributed by atoms with Gasteiger partial charge in [-0.15, -0.1) is 0 Å². The molecule has 30 heavy (non-hydrogen) atoms. The standard InChI is InChI=1S/C10H10N2O3.C8H7NO2.C2H3NO/c1-11-10(14)12-6-2-3-9-7(4-6)8(13)5-15-9;9-5-1-2-8-6(3-5)7(10)4-11-8;1-3-2-4/h2-4H,5H2,1H3,(H2,11,12,14);1-3H,4,9H2;1H3. The van der Waals surface area contributed by atoms with Crippen molar-refractivity contribution < 1.29 is 28.7 Å². The summed E-state index contributed by atoms with van der Waals surface area (Å²) in [7, 11) is 2.91. The van der Waals surface area contributed by atoms with Gasteiger partial charge in [-0.1, -0.05) is 0 Å². The van der Waals surface area contributed by atoms with Crippen LogP contribution in [0.2, 0.25) is 0 Å². The highest BCUT2D eigenvalue weighted by Crippen LogP contribution is 2.28. The van der Waals surface area contributed by atoms with Crippen LogP contribution >= 0.6 is 0 Å². The molecular formula is C20H20N4O6. The number of hydrogen-bond donors (Lipinski definition) is 3. The van der Waals surface area contributed by atoms with Crippen LogP contribution in [-0.2, 0) is 4.79 Å². The van der Waals surface area contributed by atoms with Crippen molar-refractivity contribution in [3.05, 3.63) is 47.5 Å². The molecule has 4 rings (SSSR count). The molecule has 2 heterocycles. The van der Waals surface area contributed by atoms with Crippen molar-refractivity contribution in [2.75, 3.05) is 38.4 Å². The highest BCUT2D eigenvalue weighted by molar-refractivity contribution is 6.04. The number of anilines is 2. The van der Waals surface area contributed by atoms with Gasteiger partial charge in [0.05, 0.1) is 11.1 Å². The first-order valence-electron chi connectivity index (χ1n) is 8.69. The van der Waals surface area contributed by atoms with Crippen molar-refractivity contribution in [1.82, 2.24) is 5.32 Å². The van der Waals surface area contributed by atoms with Gasteiger partial charge in [0, 0.05) is 25.5 Å². The zero-order valence-electron chi connectivity index (χ0n) is 16.4. The van der Waals surface area contributed by atoms with Crippen molar-refractivity contribution in [2.24, 2.45) is 4.99 Å². The summed E-state index contributed by atoms with van der Waals surface area (Å²) < 4.78 is 10.2. The van der Waals surface area contributed by atoms with E-state index in [9.17, 15) is 14.4 Å². The highest BCUT2D eigenvalue weighted by Gasteiger charge is 2.21. The summed E-state index contributed by atoms with van der Waals surface area (Å²) in [6.45, 7) is 0.234. The number of amides is 2. The quantitative estimate of drug-likeness (QED) is 0.367. The van der Waals surface area contributed by atoms with Crippen LogP contribution in [0.4, 0.5) is 16.2 Å². The summed E-state index contributed by atoms with van der Waals surface area (Å²) in [6, 6.07) is 9.73. The zero-order valence-corrected chi connectivity index (χ0v) is 16.4. The van der Waals surface area contributed by atoms with E-state index in [-0.39, 0.29) is 30.8 Å². The summed E-state index contributed by atoms with van der Waals surface area (Å²) in [5.74, 6) is 1.16. The number of nitrogen functional groups attached to an aromatic ring is 1. The van der Waals surface area contributed by atoms with Gasteiger partial charge in [0.1, 0.15) is 11.5 Å². The third-order valence-corrected chi connectivity index (χ3v) is 3.88. The molecule has 156 valence electrons. The van der Waals surface area contributed by atoms with Crippen LogP contribution in [0.15, 0.2) is 41.4 Å². The molecule has 0 atom stereocenters. The van der Waals surface area contributed by atoms with E-state index in [0.29, 0.717) is 34.0 Å². The highest BCUT2D eigenvalue weighted by atomic mass is 16.5. The van der Waals surface area contributed by atoms with E-state index < -0.39 is 0 Å². The molecule has 0 saturated carbocycles. The van der Waals surface area contributed by atoms with Crippen LogP contribution < -0.4 is 25.8 Å². The van der Waals surface area contributed by atoms with Gasteiger partial charge in [-0.3, -0.25) is 9.59 Å². The molecule has 0 saturated heterocycles. The lowest BCUT2D eigenvalue weighted by Gasteiger charge is -2.05. The monoisotopic (exact) mass is 412 g/mol. The zero-order chi connectivity index (χ0) is 22.1. The fraction of sp³-hybridized carbons (Fsp3) is 0.200. The summed E-state index contributed by atoms with van der Waals surface area (Å²) >= 11 is 0. The Labute approximate surface area is 172 Å². The molecule has 2 amide bonds. The number of nitrogens with two attached hydrogens (primary N) is 1. The molecule has 0 bridgehead atoms. The van der Waals surface area contributed by atoms with E-state index in [1.165, 1.54) is 20.2 Å². The SMILES string of the molecule is CN=C=O.CNC(=O)Nc1ccc2c(c1)C(=O)CO2.Nc1ccc2c(c1)C(=O)CO2. The first-order valence-corrected chi connectivity index (χ1v) is 8.69. The molecule has 0 fully saturated rings. The third kappa shape index (κ3) is 5.66. The van der Waals surface area contributed by atoms with Gasteiger partial charge in [-0.25, -0.2) is 14.6 Å². The second-order valence-corrected chi connectivity index (χ2v) is 5.91. The average molecular weight is 412 g/mol. The van der Waals surface area contributed by atoms with Crippen LogP contribution in [0.25, 0.3) is 0 Å². The molecule has 2 aromatic carbocycles. The van der Waals surface area contributed by atoms with Crippen LogP contribution in [0.1, 0.15) is 20.7 Å². The Kier molecular flexibility index (Phi) is 7.67. The second-order valence-electron chi connectivity index (χ2n) is 5.91. The minimum Gasteiger partial charge on any atom is -0.485 e. The lowest BCUT2D eigenvalue weighted by molar-refractivity contribution is 0.0954. The second kappa shape index (κ2) is 10.4. The molecule has 4 N–H and O–H groups in total. The van der Waals surface area contributed by atoms with Gasteiger partial charge in [0.2, 0.25) is 17.6 Å². The number of benzene rings is 2. The van der Waals surface area contributed by atoms with Gasteiger partial charge in [0.15, 0.2) is 13.2 Å². The number of carbonyl (C=O) groups is 3. The molecule has 10 nitrogen and oxygen atoms in total. The van der Waals surface area contributed by atoms with Gasteiger partial charge in [-0.05, 0) is 36.4 Å². The van der Waals surface area contributed by atoms with Gasteiger partial charge < -0.3 is 25.8 Å². The largest absolute Gasteiger partial charge is 0.485 e. The van der Waals surface area contributed by atoms with E-state index in [0.717, 1.165) is 0 Å². The minimum absolute atomic E-state index is 0.00676. The van der Waals surface area contributed by atoms with Gasteiger partial charge >= 0.3 is 6.03 Å². The molecule has 0 aliphatic carbocycles. The van der Waals surface area contributed by atoms with Crippen molar-refractivity contribution >= 4 is 35.1 Å². The van der Waals surface area contributed by atoms with Crippen LogP contribution in [0.3, 0.4) is 0 Å². The molecule has 0 radical (unpaired) electrons. The van der Waals surface area contributed by atoms with E-state index in [4.69, 9.17) is 20.0 Å². The number of nitrogens with zero attached hydrogens (tertiary/aromatic N) is 1. The number of fused-ring (bicyclic) bond motifs is 2. The molecular weight excluding hydrogens is 392 g/mol. The molecule has 2 aromatic rings. The Morgan fingerprint density at radius 2 is 1.57 bits per heavy atom. The summed E-state index contributed by atoms with van der Waals surface area (Å²) in [5.41, 5.74) is 7.78. The number of ether oxygens (including phenoxy) is 2. The topological polar surface area (TPSA) is 149 Å². The molecule has 2 aliphatic rings. The number of rotatable bonds is 1. The fourth-order valence-corrected chi connectivity index (χ4v) is 2.48. The number of nitrogens with one attached hydrogen (secondary N) is 2. The lowest BCUT2D eigenvalue weighted by Crippen LogP contribution is -2.24. The Morgan fingerprint density at radius 3 is 2.10 bits per heavy atom. The van der Waals surface area contributed by atoms with Crippen molar-refractivity contribution in [3.63, 3.8) is 0 Å². The van der Waals surface area contributed by atoms with Crippen LogP contribution in [0.5, 0.6) is 11.5 Å². The number of hydrogen-bond acceptors (Lipinski definition) is 8. The number of ketones is 2. The average Bonchev–Trinajstić information content (AvgIpc) is 3.31. The number of carbonyl (C=O) groups excluding carboxylic acids is 4. The maximum Gasteiger partial charge on any atom is 0.318 e. The minimum atomic E-state index is -0.318. The molecule has 0 unspecified atom stereocenters. The Balaban J connectivity index is 0.000000187. The first-order chi connectivity index (χ1) is 14.4. The number of isocyanates is 1. The van der Waals surface area contributed by atoms with Gasteiger partial charge in [-0.2, -0.15) is 0 Å². The van der Waals surface area contributed by atoms with E-state index >= 15 is 0 Å². The smallest absolute Gasteiger partial charge is 0.318 e. The predicted octanol–water partition coefficient (Wildman–Crippen LogP) is 1.81. The molecule has 2 aliphatic heterocycles. The first kappa shape index (κ1) is 22.1. The maximum absolute atomic E-state index is 11.3. The molecule has 0 aromatic heterocycles. The normalized spacial score (nSPS) is 12.3. The van der Waals surface area contributed by atoms with E-state index in [1.54, 1.807) is 36.4 Å². The summed E-state index contributed by atoms with van der Waals surface area (Å²) in [5, 5.41) is 5.01. The number of urea groups is 1. The van der Waals surface area contributed by atoms with Crippen LogP contribution in [0, 0.1) is 0 Å². The van der Waals surface area contributed by atoms with Gasteiger partial charge in [0.25, 0.3) is 0 Å².